The quantitative estimate of drug-likeness (QED) is 0.689. The minimum Gasteiger partial charge on any atom is -0.465 e. The number of carbonyl (C=O) groups is 2. The third-order valence-corrected chi connectivity index (χ3v) is 9.03. The summed E-state index contributed by atoms with van der Waals surface area (Å²) < 4.78 is 5.05. The van der Waals surface area contributed by atoms with Gasteiger partial charge in [0.1, 0.15) is 17.1 Å². The van der Waals surface area contributed by atoms with Gasteiger partial charge in [0.25, 0.3) is 0 Å². The number of anilines is 1. The van der Waals surface area contributed by atoms with Crippen molar-refractivity contribution in [3.8, 4) is 12.1 Å². The SMILES string of the molecule is COC(=O)c1c(NC(=O)C23CCC(c4nc(C#N)c(C#N)nc42)C3(C)C)sc2c1CCCC2. The minimum absolute atomic E-state index is 0.00549. The number of amides is 1. The largest absolute Gasteiger partial charge is 0.465 e. The lowest BCUT2D eigenvalue weighted by Gasteiger charge is -2.36. The van der Waals surface area contributed by atoms with Crippen LogP contribution in [0.25, 0.3) is 0 Å². The van der Waals surface area contributed by atoms with E-state index < -0.39 is 16.8 Å². The van der Waals surface area contributed by atoms with Crippen LogP contribution in [0.4, 0.5) is 5.00 Å². The number of nitrogens with zero attached hydrogens (tertiary/aromatic N) is 4. The van der Waals surface area contributed by atoms with Crippen molar-refractivity contribution in [3.05, 3.63) is 38.8 Å². The number of carbonyl (C=O) groups excluding carboxylic acids is 2. The molecule has 0 aliphatic heterocycles. The lowest BCUT2D eigenvalue weighted by atomic mass is 9.67. The van der Waals surface area contributed by atoms with Crippen molar-refractivity contribution in [2.75, 3.05) is 12.4 Å². The molecule has 2 unspecified atom stereocenters. The van der Waals surface area contributed by atoms with Crippen LogP contribution >= 0.6 is 11.3 Å². The molecule has 33 heavy (non-hydrogen) atoms. The molecule has 1 amide bonds. The summed E-state index contributed by atoms with van der Waals surface area (Å²) in [5.41, 5.74) is 0.971. The fraction of sp³-hybridized carbons (Fsp3) is 0.500. The summed E-state index contributed by atoms with van der Waals surface area (Å²) in [6.45, 7) is 4.04. The van der Waals surface area contributed by atoms with Gasteiger partial charge >= 0.3 is 5.97 Å². The summed E-state index contributed by atoms with van der Waals surface area (Å²) >= 11 is 1.45. The molecule has 0 aromatic carbocycles. The number of thiophene rings is 1. The van der Waals surface area contributed by atoms with Crippen LogP contribution in [0.2, 0.25) is 0 Å². The molecule has 2 aromatic rings. The Kier molecular flexibility index (Phi) is 4.80. The number of aryl methyl sites for hydroxylation is 1. The van der Waals surface area contributed by atoms with Crippen LogP contribution in [-0.4, -0.2) is 29.0 Å². The molecule has 0 saturated heterocycles. The molecule has 1 N–H and O–H groups in total. The van der Waals surface area contributed by atoms with Gasteiger partial charge in [0.2, 0.25) is 5.91 Å². The molecule has 3 aliphatic carbocycles. The molecule has 3 aliphatic rings. The van der Waals surface area contributed by atoms with Crippen LogP contribution in [-0.2, 0) is 27.8 Å². The number of aromatic nitrogens is 2. The molecular formula is C24H23N5O3S. The molecule has 2 bridgehead atoms. The number of nitriles is 2. The average molecular weight is 462 g/mol. The van der Waals surface area contributed by atoms with Gasteiger partial charge in [0.15, 0.2) is 11.4 Å². The Morgan fingerprint density at radius 3 is 2.55 bits per heavy atom. The van der Waals surface area contributed by atoms with Crippen molar-refractivity contribution in [1.29, 1.82) is 10.5 Å². The molecule has 1 fully saturated rings. The standard InChI is InChI=1S/C24H23N5O3S/c1-23(2)13-8-9-24(23,19-18(13)27-14(10-25)15(11-26)28-19)22(31)29-20-17(21(30)32-3)12-6-4-5-7-16(12)33-20/h13H,4-9H2,1-3H3,(H,29,31). The minimum atomic E-state index is -1.00. The van der Waals surface area contributed by atoms with Gasteiger partial charge in [0.05, 0.1) is 29.5 Å². The van der Waals surface area contributed by atoms with E-state index in [9.17, 15) is 20.1 Å². The lowest BCUT2D eigenvalue weighted by molar-refractivity contribution is -0.124. The molecule has 0 spiro atoms. The van der Waals surface area contributed by atoms with Crippen molar-refractivity contribution in [2.24, 2.45) is 5.41 Å². The number of esters is 1. The highest BCUT2D eigenvalue weighted by Gasteiger charge is 2.68. The van der Waals surface area contributed by atoms with E-state index in [0.29, 0.717) is 28.4 Å². The van der Waals surface area contributed by atoms with E-state index in [-0.39, 0.29) is 23.2 Å². The Hall–Kier alpha value is -3.30. The summed E-state index contributed by atoms with van der Waals surface area (Å²) in [6, 6.07) is 3.90. The Balaban J connectivity index is 1.62. The first-order valence-electron chi connectivity index (χ1n) is 11.1. The molecule has 1 saturated carbocycles. The topological polar surface area (TPSA) is 129 Å². The van der Waals surface area contributed by atoms with Gasteiger partial charge < -0.3 is 10.1 Å². The maximum atomic E-state index is 14.0. The summed E-state index contributed by atoms with van der Waals surface area (Å²) in [5, 5.41) is 22.5. The van der Waals surface area contributed by atoms with Gasteiger partial charge in [-0.3, -0.25) is 4.79 Å². The van der Waals surface area contributed by atoms with E-state index in [0.717, 1.165) is 42.5 Å². The van der Waals surface area contributed by atoms with E-state index in [1.807, 2.05) is 26.0 Å². The van der Waals surface area contributed by atoms with E-state index in [1.165, 1.54) is 18.4 Å². The predicted octanol–water partition coefficient (Wildman–Crippen LogP) is 3.74. The van der Waals surface area contributed by atoms with E-state index >= 15 is 0 Å². The highest BCUT2D eigenvalue weighted by atomic mass is 32.1. The number of ether oxygens (including phenoxy) is 1. The molecule has 8 nitrogen and oxygen atoms in total. The molecule has 2 aromatic heterocycles. The molecule has 0 radical (unpaired) electrons. The molecule has 2 heterocycles. The Labute approximate surface area is 195 Å². The second kappa shape index (κ2) is 7.36. The second-order valence-corrected chi connectivity index (χ2v) is 10.6. The van der Waals surface area contributed by atoms with Crippen LogP contribution in [0.15, 0.2) is 0 Å². The lowest BCUT2D eigenvalue weighted by Crippen LogP contribution is -2.47. The predicted molar refractivity (Wildman–Crippen MR) is 120 cm³/mol. The third kappa shape index (κ3) is 2.72. The van der Waals surface area contributed by atoms with Gasteiger partial charge in [-0.1, -0.05) is 13.8 Å². The van der Waals surface area contributed by atoms with E-state index in [1.54, 1.807) is 0 Å². The molecule has 9 heteroatoms. The monoisotopic (exact) mass is 461 g/mol. The molecular weight excluding hydrogens is 438 g/mol. The van der Waals surface area contributed by atoms with Crippen molar-refractivity contribution in [1.82, 2.24) is 9.97 Å². The molecule has 2 atom stereocenters. The normalized spacial score (nSPS) is 23.7. The van der Waals surface area contributed by atoms with Crippen LogP contribution in [0.1, 0.15) is 89.0 Å². The number of methoxy groups -OCH3 is 1. The number of hydrogen-bond donors (Lipinski definition) is 1. The van der Waals surface area contributed by atoms with Gasteiger partial charge in [0, 0.05) is 10.8 Å². The Morgan fingerprint density at radius 1 is 1.15 bits per heavy atom. The zero-order chi connectivity index (χ0) is 23.5. The maximum absolute atomic E-state index is 14.0. The highest BCUT2D eigenvalue weighted by molar-refractivity contribution is 7.17. The summed E-state index contributed by atoms with van der Waals surface area (Å²) in [5.74, 6) is -0.731. The fourth-order valence-electron chi connectivity index (χ4n) is 6.10. The summed E-state index contributed by atoms with van der Waals surface area (Å²) in [6.07, 6.45) is 5.04. The van der Waals surface area contributed by atoms with Crippen LogP contribution in [0.3, 0.4) is 0 Å². The van der Waals surface area contributed by atoms with Gasteiger partial charge in [-0.2, -0.15) is 10.5 Å². The molecule has 5 rings (SSSR count). The van der Waals surface area contributed by atoms with Gasteiger partial charge in [-0.15, -0.1) is 11.3 Å². The van der Waals surface area contributed by atoms with E-state index in [4.69, 9.17) is 4.74 Å². The second-order valence-electron chi connectivity index (χ2n) is 9.46. The van der Waals surface area contributed by atoms with Crippen LogP contribution < -0.4 is 5.32 Å². The van der Waals surface area contributed by atoms with Crippen LogP contribution in [0, 0.1) is 28.1 Å². The number of nitrogens with one attached hydrogen (secondary N) is 1. The third-order valence-electron chi connectivity index (χ3n) is 7.82. The zero-order valence-electron chi connectivity index (χ0n) is 18.7. The first-order valence-corrected chi connectivity index (χ1v) is 11.9. The number of rotatable bonds is 3. The number of fused-ring (bicyclic) bond motifs is 6. The van der Waals surface area contributed by atoms with Gasteiger partial charge in [-0.25, -0.2) is 14.8 Å². The van der Waals surface area contributed by atoms with Gasteiger partial charge in [-0.05, 0) is 49.5 Å². The highest BCUT2D eigenvalue weighted by Crippen LogP contribution is 2.67. The fourth-order valence-corrected chi connectivity index (χ4v) is 7.37. The smallest absolute Gasteiger partial charge is 0.341 e. The van der Waals surface area contributed by atoms with E-state index in [2.05, 4.69) is 15.3 Å². The average Bonchev–Trinajstić information content (AvgIpc) is 3.38. The Morgan fingerprint density at radius 2 is 1.85 bits per heavy atom. The number of hydrogen-bond acceptors (Lipinski definition) is 8. The van der Waals surface area contributed by atoms with Crippen molar-refractivity contribution in [3.63, 3.8) is 0 Å². The van der Waals surface area contributed by atoms with Crippen molar-refractivity contribution in [2.45, 2.75) is 63.7 Å². The maximum Gasteiger partial charge on any atom is 0.341 e. The zero-order valence-corrected chi connectivity index (χ0v) is 19.6. The first-order chi connectivity index (χ1) is 15.8. The van der Waals surface area contributed by atoms with Crippen molar-refractivity contribution < 1.29 is 14.3 Å². The van der Waals surface area contributed by atoms with Crippen molar-refractivity contribution >= 4 is 28.2 Å². The molecule has 168 valence electrons. The van der Waals surface area contributed by atoms with Crippen LogP contribution in [0.5, 0.6) is 0 Å². The summed E-state index contributed by atoms with van der Waals surface area (Å²) in [7, 11) is 1.35. The first kappa shape index (κ1) is 21.5. The Bertz CT molecular complexity index is 1300. The summed E-state index contributed by atoms with van der Waals surface area (Å²) in [4.78, 5) is 36.8.